The number of rotatable bonds is 4. The summed E-state index contributed by atoms with van der Waals surface area (Å²) < 4.78 is 32.2. The van der Waals surface area contributed by atoms with E-state index in [0.717, 1.165) is 18.6 Å². The third-order valence-electron chi connectivity index (χ3n) is 4.33. The van der Waals surface area contributed by atoms with E-state index in [9.17, 15) is 8.42 Å². The first-order valence-corrected chi connectivity index (χ1v) is 8.22. The van der Waals surface area contributed by atoms with Crippen molar-refractivity contribution < 1.29 is 12.9 Å². The fraction of sp³-hybridized carbons (Fsp3) is 0.769. The van der Waals surface area contributed by atoms with Crippen LogP contribution >= 0.6 is 0 Å². The van der Waals surface area contributed by atoms with Crippen LogP contribution in [0.15, 0.2) is 10.6 Å². The van der Waals surface area contributed by atoms with Gasteiger partial charge < -0.3 is 4.52 Å². The molecule has 0 atom stereocenters. The first-order valence-electron chi connectivity index (χ1n) is 6.74. The van der Waals surface area contributed by atoms with Crippen molar-refractivity contribution in [1.82, 2.24) is 5.16 Å². The van der Waals surface area contributed by atoms with Gasteiger partial charge in [0, 0.05) is 12.0 Å². The molecule has 0 aliphatic heterocycles. The molecular formula is C13H20N2O3S. The molecule has 106 valence electrons. The van der Waals surface area contributed by atoms with Gasteiger partial charge in [0.05, 0.1) is 4.75 Å². The lowest BCUT2D eigenvalue weighted by Gasteiger charge is -2.30. The maximum atomic E-state index is 12.5. The van der Waals surface area contributed by atoms with Crippen molar-refractivity contribution in [2.75, 3.05) is 4.72 Å². The predicted molar refractivity (Wildman–Crippen MR) is 72.4 cm³/mol. The summed E-state index contributed by atoms with van der Waals surface area (Å²) in [6.45, 7) is 5.91. The van der Waals surface area contributed by atoms with Crippen LogP contribution in [0.4, 0.5) is 5.82 Å². The molecule has 0 unspecified atom stereocenters. The molecule has 6 heteroatoms. The zero-order valence-electron chi connectivity index (χ0n) is 11.6. The smallest absolute Gasteiger partial charge is 0.240 e. The van der Waals surface area contributed by atoms with Crippen molar-refractivity contribution in [1.29, 1.82) is 0 Å². The fourth-order valence-corrected chi connectivity index (χ4v) is 4.68. The molecule has 2 aliphatic rings. The van der Waals surface area contributed by atoms with Gasteiger partial charge in [0.1, 0.15) is 5.76 Å². The first-order chi connectivity index (χ1) is 8.75. The summed E-state index contributed by atoms with van der Waals surface area (Å²) in [6, 6.07) is 1.72. The van der Waals surface area contributed by atoms with E-state index < -0.39 is 14.8 Å². The summed E-state index contributed by atoms with van der Waals surface area (Å²) in [5, 5.41) is 3.82. The molecule has 1 heterocycles. The largest absolute Gasteiger partial charge is 0.359 e. The number of nitrogens with one attached hydrogen (secondary N) is 1. The minimum atomic E-state index is -3.42. The van der Waals surface area contributed by atoms with Crippen LogP contribution in [0.25, 0.3) is 0 Å². The van der Waals surface area contributed by atoms with Crippen LogP contribution < -0.4 is 4.72 Å². The highest BCUT2D eigenvalue weighted by molar-refractivity contribution is 7.94. The molecule has 1 aromatic heterocycles. The van der Waals surface area contributed by atoms with Crippen LogP contribution in [0, 0.1) is 5.41 Å². The molecule has 2 saturated carbocycles. The molecule has 19 heavy (non-hydrogen) atoms. The van der Waals surface area contributed by atoms with Gasteiger partial charge in [-0.05, 0) is 31.1 Å². The Balaban J connectivity index is 1.81. The van der Waals surface area contributed by atoms with Gasteiger partial charge in [0.15, 0.2) is 5.82 Å². The highest BCUT2D eigenvalue weighted by Crippen LogP contribution is 2.56. The van der Waals surface area contributed by atoms with Gasteiger partial charge in [-0.15, -0.1) is 0 Å². The highest BCUT2D eigenvalue weighted by Gasteiger charge is 2.62. The van der Waals surface area contributed by atoms with Gasteiger partial charge in [-0.25, -0.2) is 8.42 Å². The zero-order valence-corrected chi connectivity index (χ0v) is 12.4. The number of sulfonamides is 1. The lowest BCUT2D eigenvalue weighted by molar-refractivity contribution is 0.363. The Bertz CT molecular complexity index is 590. The average molecular weight is 284 g/mol. The van der Waals surface area contributed by atoms with Crippen LogP contribution in [0.1, 0.15) is 58.1 Å². The zero-order chi connectivity index (χ0) is 13.9. The molecule has 0 bridgehead atoms. The van der Waals surface area contributed by atoms with Gasteiger partial charge in [-0.3, -0.25) is 4.72 Å². The molecule has 3 rings (SSSR count). The van der Waals surface area contributed by atoms with E-state index in [4.69, 9.17) is 4.52 Å². The molecule has 5 nitrogen and oxygen atoms in total. The van der Waals surface area contributed by atoms with Gasteiger partial charge in [0.2, 0.25) is 10.0 Å². The number of aromatic nitrogens is 1. The third-order valence-corrected chi connectivity index (χ3v) is 6.86. The Morgan fingerprint density at radius 1 is 1.37 bits per heavy atom. The SMILES string of the molecule is CC(C)(C)C1(S(=O)(=O)Nc2cc(C3CC3)on2)CC1. The lowest BCUT2D eigenvalue weighted by atomic mass is 9.90. The van der Waals surface area contributed by atoms with Crippen molar-refractivity contribution in [3.63, 3.8) is 0 Å². The minimum Gasteiger partial charge on any atom is -0.359 e. The number of nitrogens with zero attached hydrogens (tertiary/aromatic N) is 1. The van der Waals surface area contributed by atoms with E-state index >= 15 is 0 Å². The molecule has 1 aromatic rings. The Labute approximate surface area is 113 Å². The quantitative estimate of drug-likeness (QED) is 0.922. The number of hydrogen-bond donors (Lipinski definition) is 1. The second kappa shape index (κ2) is 3.75. The van der Waals surface area contributed by atoms with Crippen LogP contribution in [-0.2, 0) is 10.0 Å². The standard InChI is InChI=1S/C13H20N2O3S/c1-12(2,3)13(6-7-13)19(16,17)15-11-8-10(18-14-11)9-4-5-9/h8-9H,4-7H2,1-3H3,(H,14,15). The summed E-state index contributed by atoms with van der Waals surface area (Å²) in [6.07, 6.45) is 3.62. The molecule has 2 fully saturated rings. The van der Waals surface area contributed by atoms with E-state index in [0.29, 0.717) is 24.6 Å². The van der Waals surface area contributed by atoms with Crippen molar-refractivity contribution in [2.24, 2.45) is 5.41 Å². The fourth-order valence-electron chi connectivity index (χ4n) is 2.67. The van der Waals surface area contributed by atoms with Gasteiger partial charge in [0.25, 0.3) is 0 Å². The average Bonchev–Trinajstić information content (AvgIpc) is 3.16. The molecule has 0 radical (unpaired) electrons. The van der Waals surface area contributed by atoms with E-state index in [1.807, 2.05) is 20.8 Å². The van der Waals surface area contributed by atoms with Crippen LogP contribution in [0.5, 0.6) is 0 Å². The first kappa shape index (κ1) is 13.0. The van der Waals surface area contributed by atoms with Crippen LogP contribution in [-0.4, -0.2) is 18.3 Å². The van der Waals surface area contributed by atoms with Crippen molar-refractivity contribution >= 4 is 15.8 Å². The lowest BCUT2D eigenvalue weighted by Crippen LogP contribution is -2.40. The van der Waals surface area contributed by atoms with Crippen molar-refractivity contribution in [3.8, 4) is 0 Å². The monoisotopic (exact) mass is 284 g/mol. The van der Waals surface area contributed by atoms with Crippen LogP contribution in [0.2, 0.25) is 0 Å². The Morgan fingerprint density at radius 3 is 2.47 bits per heavy atom. The molecule has 0 saturated heterocycles. The molecule has 2 aliphatic carbocycles. The number of hydrogen-bond acceptors (Lipinski definition) is 4. The minimum absolute atomic E-state index is 0.276. The van der Waals surface area contributed by atoms with E-state index in [2.05, 4.69) is 9.88 Å². The topological polar surface area (TPSA) is 72.2 Å². The molecule has 1 N–H and O–H groups in total. The van der Waals surface area contributed by atoms with E-state index in [-0.39, 0.29) is 5.41 Å². The maximum Gasteiger partial charge on any atom is 0.240 e. The molecular weight excluding hydrogens is 264 g/mol. The van der Waals surface area contributed by atoms with Crippen molar-refractivity contribution in [3.05, 3.63) is 11.8 Å². The molecule has 0 aromatic carbocycles. The van der Waals surface area contributed by atoms with Gasteiger partial charge in [-0.1, -0.05) is 25.9 Å². The normalized spacial score (nSPS) is 22.3. The number of anilines is 1. The second-order valence-electron chi connectivity index (χ2n) is 6.74. The van der Waals surface area contributed by atoms with E-state index in [1.165, 1.54) is 0 Å². The summed E-state index contributed by atoms with van der Waals surface area (Å²) in [4.78, 5) is 0. The predicted octanol–water partition coefficient (Wildman–Crippen LogP) is 2.87. The Kier molecular flexibility index (Phi) is 2.56. The van der Waals surface area contributed by atoms with Gasteiger partial charge in [-0.2, -0.15) is 0 Å². The second-order valence-corrected chi connectivity index (χ2v) is 8.73. The summed E-state index contributed by atoms with van der Waals surface area (Å²) in [7, 11) is -3.42. The van der Waals surface area contributed by atoms with Crippen LogP contribution in [0.3, 0.4) is 0 Å². The summed E-state index contributed by atoms with van der Waals surface area (Å²) in [5.41, 5.74) is -0.276. The van der Waals surface area contributed by atoms with Gasteiger partial charge >= 0.3 is 0 Å². The Morgan fingerprint density at radius 2 is 2.00 bits per heavy atom. The Hall–Kier alpha value is -1.04. The highest BCUT2D eigenvalue weighted by atomic mass is 32.2. The van der Waals surface area contributed by atoms with Crippen molar-refractivity contribution in [2.45, 2.75) is 57.1 Å². The summed E-state index contributed by atoms with van der Waals surface area (Å²) in [5.74, 6) is 1.54. The third kappa shape index (κ3) is 2.06. The molecule has 0 amide bonds. The van der Waals surface area contributed by atoms with E-state index in [1.54, 1.807) is 6.07 Å². The maximum absolute atomic E-state index is 12.5. The molecule has 0 spiro atoms. The summed E-state index contributed by atoms with van der Waals surface area (Å²) >= 11 is 0.